The first-order valence-electron chi connectivity index (χ1n) is 8.21. The van der Waals surface area contributed by atoms with E-state index in [1.54, 1.807) is 0 Å². The van der Waals surface area contributed by atoms with E-state index in [-0.39, 0.29) is 5.54 Å². The van der Waals surface area contributed by atoms with Gasteiger partial charge < -0.3 is 10.1 Å². The molecule has 0 bridgehead atoms. The molecule has 0 saturated carbocycles. The van der Waals surface area contributed by atoms with E-state index in [1.165, 1.54) is 5.56 Å². The molecule has 3 heteroatoms. The van der Waals surface area contributed by atoms with Crippen LogP contribution in [0.1, 0.15) is 32.8 Å². The molecule has 3 nitrogen and oxygen atoms in total. The lowest BCUT2D eigenvalue weighted by molar-refractivity contribution is 0.0714. The molecule has 1 aliphatic rings. The van der Waals surface area contributed by atoms with E-state index in [2.05, 4.69) is 61.3 Å². The standard InChI is InChI=1S/C18H30N2O/c1-16(2)9-13-21-14-12-20-11-10-19-18(3,15-20)17-7-5-4-6-8-17/h4-8,16,19H,9-15H2,1-3H3. The minimum Gasteiger partial charge on any atom is -0.380 e. The molecule has 1 aromatic carbocycles. The van der Waals surface area contributed by atoms with Crippen molar-refractivity contribution in [2.45, 2.75) is 32.7 Å². The Morgan fingerprint density at radius 3 is 2.71 bits per heavy atom. The van der Waals surface area contributed by atoms with Crippen molar-refractivity contribution in [2.24, 2.45) is 5.92 Å². The fraction of sp³-hybridized carbons (Fsp3) is 0.667. The van der Waals surface area contributed by atoms with Crippen molar-refractivity contribution in [3.8, 4) is 0 Å². The van der Waals surface area contributed by atoms with Gasteiger partial charge in [0.1, 0.15) is 0 Å². The molecule has 1 heterocycles. The maximum Gasteiger partial charge on any atom is 0.0593 e. The highest BCUT2D eigenvalue weighted by Gasteiger charge is 2.31. The molecular weight excluding hydrogens is 260 g/mol. The summed E-state index contributed by atoms with van der Waals surface area (Å²) < 4.78 is 5.76. The molecule has 1 atom stereocenters. The Hall–Kier alpha value is -0.900. The topological polar surface area (TPSA) is 24.5 Å². The van der Waals surface area contributed by atoms with Gasteiger partial charge in [-0.3, -0.25) is 4.90 Å². The van der Waals surface area contributed by atoms with Gasteiger partial charge in [-0.1, -0.05) is 44.2 Å². The Bertz CT molecular complexity index is 407. The Balaban J connectivity index is 1.78. The van der Waals surface area contributed by atoms with Crippen LogP contribution in [0.25, 0.3) is 0 Å². The molecule has 1 N–H and O–H groups in total. The summed E-state index contributed by atoms with van der Waals surface area (Å²) in [4.78, 5) is 2.51. The van der Waals surface area contributed by atoms with Gasteiger partial charge >= 0.3 is 0 Å². The monoisotopic (exact) mass is 290 g/mol. The molecule has 1 aliphatic heterocycles. The lowest BCUT2D eigenvalue weighted by Gasteiger charge is -2.42. The predicted octanol–water partition coefficient (Wildman–Crippen LogP) is 2.87. The van der Waals surface area contributed by atoms with Crippen LogP contribution in [-0.4, -0.2) is 44.3 Å². The van der Waals surface area contributed by atoms with Gasteiger partial charge in [0, 0.05) is 32.8 Å². The highest BCUT2D eigenvalue weighted by molar-refractivity contribution is 5.24. The predicted molar refractivity (Wildman–Crippen MR) is 88.5 cm³/mol. The molecule has 0 aliphatic carbocycles. The van der Waals surface area contributed by atoms with Gasteiger partial charge in [-0.15, -0.1) is 0 Å². The molecule has 1 aromatic rings. The molecule has 0 spiro atoms. The van der Waals surface area contributed by atoms with Crippen LogP contribution >= 0.6 is 0 Å². The Morgan fingerprint density at radius 1 is 1.24 bits per heavy atom. The second-order valence-electron chi connectivity index (χ2n) is 6.70. The van der Waals surface area contributed by atoms with Crippen LogP contribution in [0.4, 0.5) is 0 Å². The number of nitrogens with zero attached hydrogens (tertiary/aromatic N) is 1. The van der Waals surface area contributed by atoms with E-state index in [0.717, 1.165) is 51.7 Å². The van der Waals surface area contributed by atoms with Crippen molar-refractivity contribution in [2.75, 3.05) is 39.4 Å². The van der Waals surface area contributed by atoms with Crippen LogP contribution < -0.4 is 5.32 Å². The maximum atomic E-state index is 5.76. The van der Waals surface area contributed by atoms with Gasteiger partial charge in [0.25, 0.3) is 0 Å². The van der Waals surface area contributed by atoms with E-state index < -0.39 is 0 Å². The first-order chi connectivity index (χ1) is 10.1. The molecule has 0 radical (unpaired) electrons. The number of piperazine rings is 1. The fourth-order valence-corrected chi connectivity index (χ4v) is 2.88. The Morgan fingerprint density at radius 2 is 2.00 bits per heavy atom. The molecule has 0 aromatic heterocycles. The van der Waals surface area contributed by atoms with Crippen LogP contribution in [0.15, 0.2) is 30.3 Å². The minimum atomic E-state index is 0.0530. The lowest BCUT2D eigenvalue weighted by Crippen LogP contribution is -2.57. The normalized spacial score (nSPS) is 23.6. The summed E-state index contributed by atoms with van der Waals surface area (Å²) in [7, 11) is 0. The highest BCUT2D eigenvalue weighted by atomic mass is 16.5. The van der Waals surface area contributed by atoms with Crippen LogP contribution in [0.5, 0.6) is 0 Å². The molecule has 118 valence electrons. The average molecular weight is 290 g/mol. The largest absolute Gasteiger partial charge is 0.380 e. The van der Waals surface area contributed by atoms with Gasteiger partial charge in [-0.05, 0) is 24.8 Å². The Labute approximate surface area is 129 Å². The second-order valence-corrected chi connectivity index (χ2v) is 6.70. The van der Waals surface area contributed by atoms with E-state index in [9.17, 15) is 0 Å². The summed E-state index contributed by atoms with van der Waals surface area (Å²) in [6.45, 7) is 12.7. The van der Waals surface area contributed by atoms with E-state index in [0.29, 0.717) is 0 Å². The summed E-state index contributed by atoms with van der Waals surface area (Å²) in [5.74, 6) is 0.727. The second kappa shape index (κ2) is 7.92. The van der Waals surface area contributed by atoms with Crippen molar-refractivity contribution in [1.29, 1.82) is 0 Å². The minimum absolute atomic E-state index is 0.0530. The molecule has 1 saturated heterocycles. The van der Waals surface area contributed by atoms with Crippen LogP contribution in [0.3, 0.4) is 0 Å². The van der Waals surface area contributed by atoms with Crippen molar-refractivity contribution in [3.63, 3.8) is 0 Å². The molecule has 21 heavy (non-hydrogen) atoms. The summed E-state index contributed by atoms with van der Waals surface area (Å²) in [5.41, 5.74) is 1.42. The molecule has 1 fully saturated rings. The molecular formula is C18H30N2O. The quantitative estimate of drug-likeness (QED) is 0.782. The zero-order chi connectivity index (χ0) is 15.1. The van der Waals surface area contributed by atoms with Crippen molar-refractivity contribution in [1.82, 2.24) is 10.2 Å². The van der Waals surface area contributed by atoms with Gasteiger partial charge in [0.05, 0.1) is 12.1 Å². The number of nitrogens with one attached hydrogen (secondary N) is 1. The molecule has 1 unspecified atom stereocenters. The smallest absolute Gasteiger partial charge is 0.0593 e. The summed E-state index contributed by atoms with van der Waals surface area (Å²) in [6.07, 6.45) is 1.16. The van der Waals surface area contributed by atoms with Gasteiger partial charge in [-0.2, -0.15) is 0 Å². The third-order valence-electron chi connectivity index (χ3n) is 4.29. The first-order valence-corrected chi connectivity index (χ1v) is 8.21. The van der Waals surface area contributed by atoms with Crippen molar-refractivity contribution < 1.29 is 4.74 Å². The third kappa shape index (κ3) is 5.10. The number of hydrogen-bond donors (Lipinski definition) is 1. The first kappa shape index (κ1) is 16.5. The van der Waals surface area contributed by atoms with Gasteiger partial charge in [-0.25, -0.2) is 0 Å². The molecule has 2 rings (SSSR count). The SMILES string of the molecule is CC(C)CCOCCN1CCNC(C)(c2ccccc2)C1. The number of ether oxygens (including phenoxy) is 1. The van der Waals surface area contributed by atoms with Crippen LogP contribution in [0, 0.1) is 5.92 Å². The van der Waals surface area contributed by atoms with E-state index in [4.69, 9.17) is 4.74 Å². The van der Waals surface area contributed by atoms with E-state index in [1.807, 2.05) is 0 Å². The summed E-state index contributed by atoms with van der Waals surface area (Å²) in [6, 6.07) is 10.8. The number of rotatable bonds is 7. The maximum absolute atomic E-state index is 5.76. The Kier molecular flexibility index (Phi) is 6.22. The zero-order valence-electron chi connectivity index (χ0n) is 13.8. The number of benzene rings is 1. The fourth-order valence-electron chi connectivity index (χ4n) is 2.88. The third-order valence-corrected chi connectivity index (χ3v) is 4.29. The average Bonchev–Trinajstić information content (AvgIpc) is 2.48. The van der Waals surface area contributed by atoms with Crippen molar-refractivity contribution >= 4 is 0 Å². The highest BCUT2D eigenvalue weighted by Crippen LogP contribution is 2.24. The lowest BCUT2D eigenvalue weighted by atomic mass is 9.90. The van der Waals surface area contributed by atoms with Crippen LogP contribution in [-0.2, 0) is 10.3 Å². The van der Waals surface area contributed by atoms with Crippen molar-refractivity contribution in [3.05, 3.63) is 35.9 Å². The van der Waals surface area contributed by atoms with E-state index >= 15 is 0 Å². The summed E-state index contributed by atoms with van der Waals surface area (Å²) in [5, 5.41) is 3.68. The van der Waals surface area contributed by atoms with Gasteiger partial charge in [0.15, 0.2) is 0 Å². The molecule has 0 amide bonds. The van der Waals surface area contributed by atoms with Crippen LogP contribution in [0.2, 0.25) is 0 Å². The summed E-state index contributed by atoms with van der Waals surface area (Å²) >= 11 is 0. The zero-order valence-corrected chi connectivity index (χ0v) is 13.8. The number of hydrogen-bond acceptors (Lipinski definition) is 3. The van der Waals surface area contributed by atoms with Gasteiger partial charge in [0.2, 0.25) is 0 Å².